The molecule has 1 N–H and O–H groups in total. The van der Waals surface area contributed by atoms with E-state index in [1.54, 1.807) is 0 Å². The molecule has 2 unspecified atom stereocenters. The lowest BCUT2D eigenvalue weighted by molar-refractivity contribution is -0.138. The summed E-state index contributed by atoms with van der Waals surface area (Å²) in [5.41, 5.74) is 1.61. The number of piperidine rings is 1. The zero-order valence-electron chi connectivity index (χ0n) is 18.0. The Morgan fingerprint density at radius 1 is 0.909 bits per heavy atom. The molecule has 0 bridgehead atoms. The molecule has 2 aromatic carbocycles. The molecule has 176 valence electrons. The predicted molar refractivity (Wildman–Crippen MR) is 114 cm³/mol. The summed E-state index contributed by atoms with van der Waals surface area (Å²) >= 11 is 0. The van der Waals surface area contributed by atoms with Crippen LogP contribution in [0.4, 0.5) is 26.3 Å². The fourth-order valence-corrected chi connectivity index (χ4v) is 4.34. The summed E-state index contributed by atoms with van der Waals surface area (Å²) in [5, 5.41) is 10.0. The van der Waals surface area contributed by atoms with E-state index >= 15 is 0 Å². The Morgan fingerprint density at radius 2 is 1.45 bits per heavy atom. The van der Waals surface area contributed by atoms with Crippen molar-refractivity contribution in [1.29, 1.82) is 0 Å². The van der Waals surface area contributed by atoms with E-state index in [4.69, 9.17) is 5.10 Å². The molecule has 0 radical (unpaired) electrons. The molecule has 1 fully saturated rings. The van der Waals surface area contributed by atoms with Crippen molar-refractivity contribution >= 4 is 11.8 Å². The lowest BCUT2D eigenvalue weighted by Gasteiger charge is -2.33. The van der Waals surface area contributed by atoms with Crippen molar-refractivity contribution in [3.63, 3.8) is 0 Å². The van der Waals surface area contributed by atoms with E-state index in [0.717, 1.165) is 41.1 Å². The summed E-state index contributed by atoms with van der Waals surface area (Å²) in [6.45, 7) is 5.02. The second-order valence-corrected chi connectivity index (χ2v) is 8.55. The quantitative estimate of drug-likeness (QED) is 0.549. The molecule has 0 aromatic heterocycles. The molecule has 33 heavy (non-hydrogen) atoms. The minimum atomic E-state index is -4.41. The molecule has 2 atom stereocenters. The Labute approximate surface area is 187 Å². The SMILES string of the molecule is CC(C)N1N=C2/C(=C/c3ccc(C(F)(F)F)cc3)CNCC2C1c1ccc(C(F)(F)F)cc1. The summed E-state index contributed by atoms with van der Waals surface area (Å²) in [5.74, 6) is -0.0985. The van der Waals surface area contributed by atoms with Crippen molar-refractivity contribution in [2.45, 2.75) is 38.3 Å². The maximum Gasteiger partial charge on any atom is 0.416 e. The first-order valence-electron chi connectivity index (χ1n) is 10.6. The Morgan fingerprint density at radius 3 is 1.97 bits per heavy atom. The Balaban J connectivity index is 1.65. The smallest absolute Gasteiger partial charge is 0.312 e. The van der Waals surface area contributed by atoms with Gasteiger partial charge in [0.05, 0.1) is 22.9 Å². The first-order valence-corrected chi connectivity index (χ1v) is 10.6. The number of benzene rings is 2. The molecule has 3 nitrogen and oxygen atoms in total. The monoisotopic (exact) mass is 467 g/mol. The van der Waals surface area contributed by atoms with Crippen LogP contribution in [0, 0.1) is 5.92 Å². The third-order valence-corrected chi connectivity index (χ3v) is 5.94. The fraction of sp³-hybridized carbons (Fsp3) is 0.375. The Hall–Kier alpha value is -2.81. The van der Waals surface area contributed by atoms with Gasteiger partial charge < -0.3 is 5.32 Å². The van der Waals surface area contributed by atoms with Crippen LogP contribution >= 0.6 is 0 Å². The van der Waals surface area contributed by atoms with Gasteiger partial charge in [-0.3, -0.25) is 5.01 Å². The maximum absolute atomic E-state index is 13.0. The van der Waals surface area contributed by atoms with Crippen LogP contribution < -0.4 is 5.32 Å². The third-order valence-electron chi connectivity index (χ3n) is 5.94. The average Bonchev–Trinajstić information content (AvgIpc) is 3.14. The summed E-state index contributed by atoms with van der Waals surface area (Å²) in [4.78, 5) is 0. The number of rotatable bonds is 3. The second-order valence-electron chi connectivity index (χ2n) is 8.55. The summed E-state index contributed by atoms with van der Waals surface area (Å²) in [7, 11) is 0. The number of hydrogen-bond donors (Lipinski definition) is 1. The van der Waals surface area contributed by atoms with Gasteiger partial charge in [0.25, 0.3) is 0 Å². The van der Waals surface area contributed by atoms with E-state index in [0.29, 0.717) is 18.7 Å². The number of fused-ring (bicyclic) bond motifs is 1. The zero-order chi connectivity index (χ0) is 24.0. The van der Waals surface area contributed by atoms with Crippen LogP contribution in [0.1, 0.15) is 42.1 Å². The van der Waals surface area contributed by atoms with Gasteiger partial charge in [0.1, 0.15) is 0 Å². The summed E-state index contributed by atoms with van der Waals surface area (Å²) < 4.78 is 77.6. The highest BCUT2D eigenvalue weighted by molar-refractivity contribution is 6.07. The van der Waals surface area contributed by atoms with Gasteiger partial charge in [0.2, 0.25) is 0 Å². The minimum Gasteiger partial charge on any atom is -0.312 e. The topological polar surface area (TPSA) is 27.6 Å². The van der Waals surface area contributed by atoms with Gasteiger partial charge in [-0.2, -0.15) is 31.4 Å². The molecule has 0 aliphatic carbocycles. The molecule has 2 aliphatic rings. The maximum atomic E-state index is 13.0. The molecule has 4 rings (SSSR count). The Bertz CT molecular complexity index is 1050. The number of alkyl halides is 6. The highest BCUT2D eigenvalue weighted by atomic mass is 19.4. The van der Waals surface area contributed by atoms with Gasteiger partial charge in [0, 0.05) is 25.0 Å². The van der Waals surface area contributed by atoms with Gasteiger partial charge in [-0.05, 0) is 60.9 Å². The standard InChI is InChI=1S/C24H23F6N3/c1-14(2)33-22(16-5-9-19(10-6-16)24(28,29)30)20-13-31-12-17(21(20)32-33)11-15-3-7-18(8-4-15)23(25,26)27/h3-11,14,20,22,31H,12-13H2,1-2H3/b17-11+. The van der Waals surface area contributed by atoms with Crippen molar-refractivity contribution in [1.82, 2.24) is 10.3 Å². The van der Waals surface area contributed by atoms with Crippen LogP contribution in [0.25, 0.3) is 6.08 Å². The van der Waals surface area contributed by atoms with Gasteiger partial charge in [-0.1, -0.05) is 24.3 Å². The highest BCUT2D eigenvalue weighted by Crippen LogP contribution is 2.41. The summed E-state index contributed by atoms with van der Waals surface area (Å²) in [6.07, 6.45) is -6.99. The molecule has 2 heterocycles. The number of hydrazone groups is 1. The Kier molecular flexibility index (Phi) is 6.03. The summed E-state index contributed by atoms with van der Waals surface area (Å²) in [6, 6.07) is 9.84. The first-order chi connectivity index (χ1) is 15.4. The van der Waals surface area contributed by atoms with Crippen LogP contribution in [0.3, 0.4) is 0 Å². The van der Waals surface area contributed by atoms with Gasteiger partial charge in [0.15, 0.2) is 0 Å². The lowest BCUT2D eigenvalue weighted by atomic mass is 9.83. The second kappa shape index (κ2) is 8.52. The molecule has 1 saturated heterocycles. The van der Waals surface area contributed by atoms with E-state index in [1.165, 1.54) is 24.3 Å². The van der Waals surface area contributed by atoms with Crippen molar-refractivity contribution in [3.8, 4) is 0 Å². The van der Waals surface area contributed by atoms with E-state index in [1.807, 2.05) is 24.9 Å². The van der Waals surface area contributed by atoms with E-state index in [9.17, 15) is 26.3 Å². The van der Waals surface area contributed by atoms with Crippen molar-refractivity contribution < 1.29 is 26.3 Å². The van der Waals surface area contributed by atoms with E-state index in [2.05, 4.69) is 5.32 Å². The molecular formula is C24H23F6N3. The largest absolute Gasteiger partial charge is 0.416 e. The van der Waals surface area contributed by atoms with Gasteiger partial charge in [-0.25, -0.2) is 0 Å². The number of nitrogens with one attached hydrogen (secondary N) is 1. The van der Waals surface area contributed by atoms with Crippen LogP contribution in [-0.4, -0.2) is 29.9 Å². The molecule has 2 aliphatic heterocycles. The van der Waals surface area contributed by atoms with Crippen molar-refractivity contribution in [3.05, 3.63) is 76.4 Å². The van der Waals surface area contributed by atoms with Crippen LogP contribution in [0.2, 0.25) is 0 Å². The first kappa shape index (κ1) is 23.4. The van der Waals surface area contributed by atoms with Crippen molar-refractivity contribution in [2.24, 2.45) is 11.0 Å². The van der Waals surface area contributed by atoms with E-state index in [-0.39, 0.29) is 18.0 Å². The van der Waals surface area contributed by atoms with E-state index < -0.39 is 23.5 Å². The molecule has 0 saturated carbocycles. The van der Waals surface area contributed by atoms with Gasteiger partial charge >= 0.3 is 12.4 Å². The highest BCUT2D eigenvalue weighted by Gasteiger charge is 2.42. The number of nitrogens with zero attached hydrogens (tertiary/aromatic N) is 2. The minimum absolute atomic E-state index is 0.00251. The third kappa shape index (κ3) is 4.78. The molecule has 0 amide bonds. The molecular weight excluding hydrogens is 444 g/mol. The number of hydrogen-bond acceptors (Lipinski definition) is 3. The van der Waals surface area contributed by atoms with Crippen LogP contribution in [0.15, 0.2) is 59.2 Å². The molecule has 0 spiro atoms. The predicted octanol–water partition coefficient (Wildman–Crippen LogP) is 6.15. The van der Waals surface area contributed by atoms with Crippen molar-refractivity contribution in [2.75, 3.05) is 13.1 Å². The normalized spacial score (nSPS) is 22.6. The van der Waals surface area contributed by atoms with Gasteiger partial charge in [-0.15, -0.1) is 0 Å². The average molecular weight is 467 g/mol. The number of halogens is 6. The molecule has 9 heteroatoms. The van der Waals surface area contributed by atoms with Crippen LogP contribution in [-0.2, 0) is 12.4 Å². The van der Waals surface area contributed by atoms with Crippen LogP contribution in [0.5, 0.6) is 0 Å². The zero-order valence-corrected chi connectivity index (χ0v) is 18.0. The lowest BCUT2D eigenvalue weighted by Crippen LogP contribution is -2.41. The molecule has 2 aromatic rings. The fourth-order valence-electron chi connectivity index (χ4n) is 4.34.